The highest BCUT2D eigenvalue weighted by molar-refractivity contribution is 6.62. The van der Waals surface area contributed by atoms with E-state index in [1.54, 1.807) is 6.20 Å². The van der Waals surface area contributed by atoms with Gasteiger partial charge in [-0.05, 0) is 58.0 Å². The highest BCUT2D eigenvalue weighted by Gasteiger charge is 2.51. The van der Waals surface area contributed by atoms with Crippen LogP contribution in [-0.4, -0.2) is 29.9 Å². The fourth-order valence-electron chi connectivity index (χ4n) is 3.19. The van der Waals surface area contributed by atoms with E-state index in [1.807, 2.05) is 12.1 Å². The first-order valence-corrected chi connectivity index (χ1v) is 8.82. The molecule has 126 valence electrons. The van der Waals surface area contributed by atoms with Gasteiger partial charge in [-0.15, -0.1) is 0 Å². The third kappa shape index (κ3) is 3.72. The summed E-state index contributed by atoms with van der Waals surface area (Å²) in [6, 6.07) is 3.89. The fraction of sp³-hybridized carbons (Fsp3) is 0.722. The van der Waals surface area contributed by atoms with Crippen molar-refractivity contribution in [2.24, 2.45) is 5.92 Å². The zero-order valence-electron chi connectivity index (χ0n) is 14.8. The van der Waals surface area contributed by atoms with Crippen LogP contribution in [0.2, 0.25) is 0 Å². The minimum atomic E-state index is -0.361. The number of pyridine rings is 1. The number of hydrogen-bond acceptors (Lipinski definition) is 4. The van der Waals surface area contributed by atoms with Crippen LogP contribution in [0.3, 0.4) is 0 Å². The van der Waals surface area contributed by atoms with Crippen molar-refractivity contribution in [1.82, 2.24) is 4.98 Å². The zero-order chi connectivity index (χ0) is 16.5. The molecule has 5 heteroatoms. The van der Waals surface area contributed by atoms with E-state index in [0.29, 0.717) is 11.8 Å². The Hall–Kier alpha value is -1.07. The monoisotopic (exact) mass is 317 g/mol. The lowest BCUT2D eigenvalue weighted by Gasteiger charge is -2.32. The summed E-state index contributed by atoms with van der Waals surface area (Å²) >= 11 is 0. The van der Waals surface area contributed by atoms with Gasteiger partial charge in [0.05, 0.1) is 17.8 Å². The summed E-state index contributed by atoms with van der Waals surface area (Å²) in [5, 5.41) is 0. The van der Waals surface area contributed by atoms with Crippen LogP contribution < -0.4 is 10.2 Å². The van der Waals surface area contributed by atoms with Gasteiger partial charge in [0, 0.05) is 12.3 Å². The molecule has 0 N–H and O–H groups in total. The molecule has 2 heterocycles. The van der Waals surface area contributed by atoms with Gasteiger partial charge in [-0.1, -0.05) is 19.3 Å². The second kappa shape index (κ2) is 6.44. The molecular weight excluding hydrogens is 289 g/mol. The van der Waals surface area contributed by atoms with Crippen molar-refractivity contribution in [1.29, 1.82) is 0 Å². The van der Waals surface area contributed by atoms with Gasteiger partial charge in [-0.2, -0.15) is 0 Å². The van der Waals surface area contributed by atoms with Gasteiger partial charge in [0.2, 0.25) is 5.88 Å². The SMILES string of the molecule is CC1(C)OB(c2ccnc(OCC3CCCCC3)c2)OC1(C)C. The summed E-state index contributed by atoms with van der Waals surface area (Å²) in [5.74, 6) is 1.34. The smallest absolute Gasteiger partial charge is 0.477 e. The summed E-state index contributed by atoms with van der Waals surface area (Å²) in [6.07, 6.45) is 8.35. The van der Waals surface area contributed by atoms with Crippen LogP contribution in [0.25, 0.3) is 0 Å². The van der Waals surface area contributed by atoms with Gasteiger partial charge in [0.15, 0.2) is 0 Å². The fourth-order valence-corrected chi connectivity index (χ4v) is 3.19. The van der Waals surface area contributed by atoms with Gasteiger partial charge in [0.1, 0.15) is 0 Å². The molecule has 23 heavy (non-hydrogen) atoms. The Labute approximate surface area is 140 Å². The number of ether oxygens (including phenoxy) is 1. The molecule has 1 saturated carbocycles. The van der Waals surface area contributed by atoms with Gasteiger partial charge in [-0.3, -0.25) is 0 Å². The summed E-state index contributed by atoms with van der Waals surface area (Å²) in [5.41, 5.74) is 0.311. The Morgan fingerprint density at radius 3 is 2.43 bits per heavy atom. The quantitative estimate of drug-likeness (QED) is 0.799. The number of hydrogen-bond donors (Lipinski definition) is 0. The predicted octanol–water partition coefficient (Wildman–Crippen LogP) is 3.34. The van der Waals surface area contributed by atoms with E-state index in [-0.39, 0.29) is 18.3 Å². The molecule has 1 aliphatic heterocycles. The van der Waals surface area contributed by atoms with Crippen LogP contribution >= 0.6 is 0 Å². The number of rotatable bonds is 4. The summed E-state index contributed by atoms with van der Waals surface area (Å²) in [7, 11) is -0.361. The van der Waals surface area contributed by atoms with Crippen molar-refractivity contribution in [3.8, 4) is 5.88 Å². The third-order valence-electron chi connectivity index (χ3n) is 5.48. The van der Waals surface area contributed by atoms with Gasteiger partial charge < -0.3 is 14.0 Å². The van der Waals surface area contributed by atoms with Crippen LogP contribution in [0.1, 0.15) is 59.8 Å². The molecule has 0 bridgehead atoms. The first-order valence-electron chi connectivity index (χ1n) is 8.82. The Morgan fingerprint density at radius 2 is 1.78 bits per heavy atom. The van der Waals surface area contributed by atoms with Crippen molar-refractivity contribution >= 4 is 12.6 Å². The Morgan fingerprint density at radius 1 is 1.13 bits per heavy atom. The normalized spacial score (nSPS) is 23.9. The molecule has 1 aliphatic carbocycles. The maximum absolute atomic E-state index is 6.09. The second-order valence-electron chi connectivity index (χ2n) is 7.83. The second-order valence-corrected chi connectivity index (χ2v) is 7.83. The van der Waals surface area contributed by atoms with Crippen LogP contribution in [0.5, 0.6) is 5.88 Å². The van der Waals surface area contributed by atoms with Crippen LogP contribution in [0, 0.1) is 5.92 Å². The molecule has 0 unspecified atom stereocenters. The molecule has 0 amide bonds. The van der Waals surface area contributed by atoms with E-state index >= 15 is 0 Å². The van der Waals surface area contributed by atoms with Crippen molar-refractivity contribution in [2.45, 2.75) is 71.0 Å². The molecule has 2 fully saturated rings. The minimum absolute atomic E-state index is 0.329. The van der Waals surface area contributed by atoms with Crippen LogP contribution in [0.15, 0.2) is 18.3 Å². The van der Waals surface area contributed by atoms with Crippen molar-refractivity contribution in [2.75, 3.05) is 6.61 Å². The van der Waals surface area contributed by atoms with Crippen molar-refractivity contribution < 1.29 is 14.0 Å². The molecule has 0 spiro atoms. The molecule has 1 aromatic rings. The van der Waals surface area contributed by atoms with E-state index in [9.17, 15) is 0 Å². The molecule has 2 aliphatic rings. The summed E-state index contributed by atoms with van der Waals surface area (Å²) in [4.78, 5) is 4.33. The van der Waals surface area contributed by atoms with Crippen LogP contribution in [-0.2, 0) is 9.31 Å². The Bertz CT molecular complexity index is 525. The largest absolute Gasteiger partial charge is 0.495 e. The third-order valence-corrected chi connectivity index (χ3v) is 5.48. The first kappa shape index (κ1) is 16.8. The average Bonchev–Trinajstić information content (AvgIpc) is 2.75. The maximum atomic E-state index is 6.09. The predicted molar refractivity (Wildman–Crippen MR) is 92.0 cm³/mol. The van der Waals surface area contributed by atoms with Gasteiger partial charge >= 0.3 is 7.12 Å². The molecule has 0 radical (unpaired) electrons. The Kier molecular flexibility index (Phi) is 4.70. The summed E-state index contributed by atoms with van der Waals surface area (Å²) < 4.78 is 18.1. The molecule has 0 aromatic carbocycles. The zero-order valence-corrected chi connectivity index (χ0v) is 14.8. The lowest BCUT2D eigenvalue weighted by atomic mass is 9.80. The maximum Gasteiger partial charge on any atom is 0.495 e. The van der Waals surface area contributed by atoms with Crippen LogP contribution in [0.4, 0.5) is 0 Å². The van der Waals surface area contributed by atoms with Crippen molar-refractivity contribution in [3.63, 3.8) is 0 Å². The topological polar surface area (TPSA) is 40.6 Å². The average molecular weight is 317 g/mol. The van der Waals surface area contributed by atoms with E-state index in [0.717, 1.165) is 12.1 Å². The number of aromatic nitrogens is 1. The van der Waals surface area contributed by atoms with Gasteiger partial charge in [-0.25, -0.2) is 4.98 Å². The lowest BCUT2D eigenvalue weighted by Crippen LogP contribution is -2.41. The highest BCUT2D eigenvalue weighted by Crippen LogP contribution is 2.36. The molecular formula is C18H28BNO3. The minimum Gasteiger partial charge on any atom is -0.477 e. The van der Waals surface area contributed by atoms with E-state index in [4.69, 9.17) is 14.0 Å². The van der Waals surface area contributed by atoms with Gasteiger partial charge in [0.25, 0.3) is 0 Å². The number of nitrogens with zero attached hydrogens (tertiary/aromatic N) is 1. The van der Waals surface area contributed by atoms with Crippen molar-refractivity contribution in [3.05, 3.63) is 18.3 Å². The summed E-state index contributed by atoms with van der Waals surface area (Å²) in [6.45, 7) is 9.02. The van der Waals surface area contributed by atoms with E-state index < -0.39 is 0 Å². The lowest BCUT2D eigenvalue weighted by molar-refractivity contribution is 0.00578. The molecule has 3 rings (SSSR count). The molecule has 1 saturated heterocycles. The Balaban J connectivity index is 1.63. The highest BCUT2D eigenvalue weighted by atomic mass is 16.7. The molecule has 0 atom stereocenters. The van der Waals surface area contributed by atoms with E-state index in [1.165, 1.54) is 32.1 Å². The molecule has 4 nitrogen and oxygen atoms in total. The standard InChI is InChI=1S/C18H28BNO3/c1-17(2)18(3,4)23-19(22-17)15-10-11-20-16(12-15)21-13-14-8-6-5-7-9-14/h10-12,14H,5-9,13H2,1-4H3. The van der Waals surface area contributed by atoms with E-state index in [2.05, 4.69) is 32.7 Å². The molecule has 1 aromatic heterocycles. The first-order chi connectivity index (χ1) is 10.9.